The maximum atomic E-state index is 5.35. The van der Waals surface area contributed by atoms with Gasteiger partial charge in [0.25, 0.3) is 0 Å². The monoisotopic (exact) mass is 234 g/mol. The minimum absolute atomic E-state index is 0.710. The lowest BCUT2D eigenvalue weighted by atomic mass is 9.96. The highest BCUT2D eigenvalue weighted by atomic mass is 15.1. The minimum Gasteiger partial charge on any atom is -0.311 e. The molecule has 2 aliphatic rings. The molecule has 0 radical (unpaired) electrons. The molecule has 1 atom stereocenters. The van der Waals surface area contributed by atoms with E-state index in [2.05, 4.69) is 23.1 Å². The Hall–Kier alpha value is -0.520. The molecule has 1 aliphatic heterocycles. The number of hydrogen-bond acceptors (Lipinski definition) is 2. The lowest BCUT2D eigenvalue weighted by Crippen LogP contribution is -2.47. The number of piperidine rings is 1. The first-order chi connectivity index (χ1) is 8.29. The number of likely N-dealkylation sites (tertiary alicyclic amines) is 1. The van der Waals surface area contributed by atoms with Crippen LogP contribution < -0.4 is 5.32 Å². The molecule has 1 aliphatic carbocycles. The summed E-state index contributed by atoms with van der Waals surface area (Å²) in [7, 11) is 0. The van der Waals surface area contributed by atoms with E-state index in [0.29, 0.717) is 6.04 Å². The second-order valence-corrected chi connectivity index (χ2v) is 5.75. The fourth-order valence-electron chi connectivity index (χ4n) is 3.35. The number of hydrogen-bond donors (Lipinski definition) is 1. The Labute approximate surface area is 106 Å². The van der Waals surface area contributed by atoms with Crippen molar-refractivity contribution in [3.05, 3.63) is 0 Å². The van der Waals surface area contributed by atoms with E-state index >= 15 is 0 Å². The van der Waals surface area contributed by atoms with Crippen molar-refractivity contribution in [1.82, 2.24) is 10.2 Å². The summed E-state index contributed by atoms with van der Waals surface area (Å²) in [5, 5.41) is 3.85. The van der Waals surface area contributed by atoms with Gasteiger partial charge >= 0.3 is 0 Å². The van der Waals surface area contributed by atoms with E-state index in [0.717, 1.165) is 18.5 Å². The molecule has 0 aromatic rings. The number of nitrogens with zero attached hydrogens (tertiary/aromatic N) is 1. The van der Waals surface area contributed by atoms with Crippen molar-refractivity contribution in [2.75, 3.05) is 19.6 Å². The van der Waals surface area contributed by atoms with Gasteiger partial charge in [0.15, 0.2) is 0 Å². The van der Waals surface area contributed by atoms with Crippen LogP contribution in [0.1, 0.15) is 45.4 Å². The zero-order valence-electron chi connectivity index (χ0n) is 11.1. The lowest BCUT2D eigenvalue weighted by molar-refractivity contribution is 0.200. The largest absolute Gasteiger partial charge is 0.311 e. The van der Waals surface area contributed by atoms with Crippen molar-refractivity contribution >= 4 is 0 Å². The maximum Gasteiger partial charge on any atom is 0.0598 e. The topological polar surface area (TPSA) is 15.3 Å². The second kappa shape index (κ2) is 6.42. The summed E-state index contributed by atoms with van der Waals surface area (Å²) < 4.78 is 0. The molecule has 0 spiro atoms. The van der Waals surface area contributed by atoms with Gasteiger partial charge in [-0.25, -0.2) is 0 Å². The predicted octanol–water partition coefficient (Wildman–Crippen LogP) is 2.25. The Balaban J connectivity index is 1.68. The molecule has 0 amide bonds. The highest BCUT2D eigenvalue weighted by Crippen LogP contribution is 2.28. The van der Waals surface area contributed by atoms with Gasteiger partial charge in [-0.2, -0.15) is 0 Å². The molecule has 2 fully saturated rings. The minimum atomic E-state index is 0.710. The molecule has 2 rings (SSSR count). The average Bonchev–Trinajstić information content (AvgIpc) is 2.86. The highest BCUT2D eigenvalue weighted by Gasteiger charge is 2.25. The molecule has 0 unspecified atom stereocenters. The van der Waals surface area contributed by atoms with E-state index in [1.165, 1.54) is 51.6 Å². The van der Waals surface area contributed by atoms with E-state index in [-0.39, 0.29) is 0 Å². The Morgan fingerprint density at radius 2 is 1.88 bits per heavy atom. The summed E-state index contributed by atoms with van der Waals surface area (Å²) in [4.78, 5) is 2.39. The van der Waals surface area contributed by atoms with Gasteiger partial charge in [-0.15, -0.1) is 6.42 Å². The smallest absolute Gasteiger partial charge is 0.0598 e. The summed E-state index contributed by atoms with van der Waals surface area (Å²) in [6.07, 6.45) is 13.6. The normalized spacial score (nSPS) is 25.9. The molecule has 0 aromatic carbocycles. The summed E-state index contributed by atoms with van der Waals surface area (Å²) >= 11 is 0. The fourth-order valence-corrected chi connectivity index (χ4v) is 3.35. The number of rotatable bonds is 4. The molecule has 1 saturated carbocycles. The van der Waals surface area contributed by atoms with Gasteiger partial charge in [-0.05, 0) is 38.5 Å². The third kappa shape index (κ3) is 3.72. The third-order valence-electron chi connectivity index (χ3n) is 4.51. The van der Waals surface area contributed by atoms with E-state index in [1.807, 2.05) is 0 Å². The fraction of sp³-hybridized carbons (Fsp3) is 0.867. The Morgan fingerprint density at radius 1 is 1.24 bits per heavy atom. The van der Waals surface area contributed by atoms with Gasteiger partial charge in [-0.3, -0.25) is 4.90 Å². The van der Waals surface area contributed by atoms with E-state index in [4.69, 9.17) is 6.42 Å². The van der Waals surface area contributed by atoms with Crippen LogP contribution in [-0.4, -0.2) is 36.6 Å². The second-order valence-electron chi connectivity index (χ2n) is 5.75. The van der Waals surface area contributed by atoms with E-state index in [1.54, 1.807) is 0 Å². The average molecular weight is 234 g/mol. The van der Waals surface area contributed by atoms with E-state index < -0.39 is 0 Å². The predicted molar refractivity (Wildman–Crippen MR) is 72.9 cm³/mol. The van der Waals surface area contributed by atoms with Crippen molar-refractivity contribution in [3.8, 4) is 12.3 Å². The van der Waals surface area contributed by atoms with Crippen molar-refractivity contribution in [1.29, 1.82) is 0 Å². The van der Waals surface area contributed by atoms with Crippen LogP contribution in [0.15, 0.2) is 0 Å². The Bertz CT molecular complexity index is 255. The molecular weight excluding hydrogens is 208 g/mol. The number of terminal acetylenes is 1. The van der Waals surface area contributed by atoms with Gasteiger partial charge in [-0.1, -0.05) is 18.8 Å². The van der Waals surface area contributed by atoms with Crippen LogP contribution in [0.3, 0.4) is 0 Å². The van der Waals surface area contributed by atoms with Crippen LogP contribution >= 0.6 is 0 Å². The molecule has 0 aromatic heterocycles. The van der Waals surface area contributed by atoms with Crippen molar-refractivity contribution in [2.45, 2.75) is 57.5 Å². The van der Waals surface area contributed by atoms with Crippen LogP contribution in [0.2, 0.25) is 0 Å². The summed E-state index contributed by atoms with van der Waals surface area (Å²) in [6.45, 7) is 5.53. The Kier molecular flexibility index (Phi) is 4.88. The zero-order valence-corrected chi connectivity index (χ0v) is 11.1. The van der Waals surface area contributed by atoms with Gasteiger partial charge in [0.1, 0.15) is 0 Å². The summed E-state index contributed by atoms with van der Waals surface area (Å²) in [6, 6.07) is 1.43. The first kappa shape index (κ1) is 12.9. The molecular formula is C15H26N2. The summed E-state index contributed by atoms with van der Waals surface area (Å²) in [5.74, 6) is 3.67. The van der Waals surface area contributed by atoms with Crippen LogP contribution in [-0.2, 0) is 0 Å². The Morgan fingerprint density at radius 3 is 2.47 bits per heavy atom. The third-order valence-corrected chi connectivity index (χ3v) is 4.51. The zero-order chi connectivity index (χ0) is 12.1. The molecule has 1 heterocycles. The molecule has 0 bridgehead atoms. The maximum absolute atomic E-state index is 5.35. The SMILES string of the molecule is C#CCN1CCC(N[C@@H](C)C2CCCC2)CC1. The van der Waals surface area contributed by atoms with Gasteiger partial charge in [0.05, 0.1) is 6.54 Å². The standard InChI is InChI=1S/C15H26N2/c1-3-10-17-11-8-15(9-12-17)16-13(2)14-6-4-5-7-14/h1,13-16H,4-12H2,2H3/t13-/m0/s1. The molecule has 2 nitrogen and oxygen atoms in total. The van der Waals surface area contributed by atoms with Gasteiger partial charge < -0.3 is 5.32 Å². The van der Waals surface area contributed by atoms with Crippen LogP contribution in [0.4, 0.5) is 0 Å². The van der Waals surface area contributed by atoms with Gasteiger partial charge in [0, 0.05) is 25.2 Å². The van der Waals surface area contributed by atoms with Crippen molar-refractivity contribution < 1.29 is 0 Å². The molecule has 1 N–H and O–H groups in total. The summed E-state index contributed by atoms with van der Waals surface area (Å²) in [5.41, 5.74) is 0. The highest BCUT2D eigenvalue weighted by molar-refractivity contribution is 4.91. The van der Waals surface area contributed by atoms with Crippen molar-refractivity contribution in [2.24, 2.45) is 5.92 Å². The molecule has 17 heavy (non-hydrogen) atoms. The van der Waals surface area contributed by atoms with Crippen LogP contribution in [0.25, 0.3) is 0 Å². The number of nitrogens with one attached hydrogen (secondary N) is 1. The van der Waals surface area contributed by atoms with E-state index in [9.17, 15) is 0 Å². The van der Waals surface area contributed by atoms with Crippen LogP contribution in [0, 0.1) is 18.3 Å². The quantitative estimate of drug-likeness (QED) is 0.751. The first-order valence-corrected chi connectivity index (χ1v) is 7.21. The molecule has 1 saturated heterocycles. The lowest BCUT2D eigenvalue weighted by Gasteiger charge is -2.34. The van der Waals surface area contributed by atoms with Crippen molar-refractivity contribution in [3.63, 3.8) is 0 Å². The first-order valence-electron chi connectivity index (χ1n) is 7.21. The van der Waals surface area contributed by atoms with Crippen LogP contribution in [0.5, 0.6) is 0 Å². The molecule has 96 valence electrons. The van der Waals surface area contributed by atoms with Gasteiger partial charge in [0.2, 0.25) is 0 Å². The molecule has 2 heteroatoms.